The molecule has 6 unspecified atom stereocenters. The zero-order valence-electron chi connectivity index (χ0n) is 16.0. The number of nitrogens with one attached hydrogen (secondary N) is 1. The average Bonchev–Trinajstić information content (AvgIpc) is 3.28. The summed E-state index contributed by atoms with van der Waals surface area (Å²) < 4.78 is 6.10. The smallest absolute Gasteiger partial charge is 0.193 e. The predicted molar refractivity (Wildman–Crippen MR) is 113 cm³/mol. The first-order chi connectivity index (χ1) is 11.7. The lowest BCUT2D eigenvalue weighted by Crippen LogP contribution is -2.50. The number of aliphatic imine (C=N–C) groups is 1. The molecule has 0 spiro atoms. The van der Waals surface area contributed by atoms with Gasteiger partial charge in [-0.1, -0.05) is 6.42 Å². The molecule has 0 saturated carbocycles. The Kier molecular flexibility index (Phi) is 6.53. The first kappa shape index (κ1) is 19.7. The summed E-state index contributed by atoms with van der Waals surface area (Å²) in [6, 6.07) is 1.29. The summed E-state index contributed by atoms with van der Waals surface area (Å²) in [7, 11) is 1.93. The highest BCUT2D eigenvalue weighted by atomic mass is 127. The van der Waals surface area contributed by atoms with E-state index >= 15 is 0 Å². The van der Waals surface area contributed by atoms with Crippen LogP contribution in [0, 0.1) is 11.8 Å². The van der Waals surface area contributed by atoms with Crippen LogP contribution in [0.3, 0.4) is 0 Å². The van der Waals surface area contributed by atoms with Crippen molar-refractivity contribution in [1.82, 2.24) is 15.1 Å². The van der Waals surface area contributed by atoms with Gasteiger partial charge in [0.1, 0.15) is 0 Å². The van der Waals surface area contributed by atoms with Gasteiger partial charge in [0.2, 0.25) is 0 Å². The van der Waals surface area contributed by atoms with Crippen LogP contribution in [-0.2, 0) is 4.74 Å². The third-order valence-corrected chi connectivity index (χ3v) is 6.94. The second kappa shape index (κ2) is 8.30. The van der Waals surface area contributed by atoms with Crippen LogP contribution in [0.4, 0.5) is 0 Å². The quantitative estimate of drug-likeness (QED) is 0.398. The third kappa shape index (κ3) is 3.81. The van der Waals surface area contributed by atoms with E-state index in [1.165, 1.54) is 38.6 Å². The number of ether oxygens (including phenoxy) is 1. The summed E-state index contributed by atoms with van der Waals surface area (Å²) in [4.78, 5) is 9.72. The first-order valence-corrected chi connectivity index (χ1v) is 10.0. The van der Waals surface area contributed by atoms with Gasteiger partial charge in [0.25, 0.3) is 0 Å². The molecule has 144 valence electrons. The lowest BCUT2D eigenvalue weighted by atomic mass is 9.82. The molecule has 4 aliphatic rings. The van der Waals surface area contributed by atoms with Crippen LogP contribution in [0.15, 0.2) is 4.99 Å². The Bertz CT molecular complexity index is 470. The van der Waals surface area contributed by atoms with E-state index in [-0.39, 0.29) is 24.0 Å². The number of piperidine rings is 1. The summed E-state index contributed by atoms with van der Waals surface area (Å²) in [6.45, 7) is 9.22. The fourth-order valence-electron chi connectivity index (χ4n) is 5.60. The Hall–Kier alpha value is -0.0800. The minimum Gasteiger partial charge on any atom is -0.374 e. The molecule has 0 aromatic rings. The van der Waals surface area contributed by atoms with Crippen molar-refractivity contribution in [3.8, 4) is 0 Å². The number of likely N-dealkylation sites (tertiary alicyclic amines) is 2. The molecule has 6 atom stereocenters. The maximum atomic E-state index is 6.10. The molecule has 4 rings (SSSR count). The van der Waals surface area contributed by atoms with Crippen molar-refractivity contribution in [2.75, 3.05) is 33.2 Å². The normalized spacial score (nSPS) is 39.2. The van der Waals surface area contributed by atoms with Gasteiger partial charge in [-0.2, -0.15) is 0 Å². The van der Waals surface area contributed by atoms with Crippen molar-refractivity contribution in [1.29, 1.82) is 0 Å². The molecule has 0 aromatic carbocycles. The number of nitrogens with zero attached hydrogens (tertiary/aromatic N) is 3. The van der Waals surface area contributed by atoms with Crippen LogP contribution >= 0.6 is 24.0 Å². The maximum Gasteiger partial charge on any atom is 0.193 e. The van der Waals surface area contributed by atoms with Gasteiger partial charge < -0.3 is 15.0 Å². The predicted octanol–water partition coefficient (Wildman–Crippen LogP) is 2.55. The SMILES string of the molecule is CN=C(NCC(C)N1CCCCC1C)N1CC2C3CCC(O3)C2C1.I. The van der Waals surface area contributed by atoms with E-state index in [2.05, 4.69) is 34.0 Å². The summed E-state index contributed by atoms with van der Waals surface area (Å²) in [5.74, 6) is 2.57. The first-order valence-electron chi connectivity index (χ1n) is 10.0. The summed E-state index contributed by atoms with van der Waals surface area (Å²) in [6.07, 6.45) is 7.68. The van der Waals surface area contributed by atoms with Crippen molar-refractivity contribution in [3.63, 3.8) is 0 Å². The van der Waals surface area contributed by atoms with Crippen molar-refractivity contribution >= 4 is 29.9 Å². The highest BCUT2D eigenvalue weighted by Gasteiger charge is 2.53. The molecule has 4 aliphatic heterocycles. The zero-order chi connectivity index (χ0) is 16.7. The van der Waals surface area contributed by atoms with Crippen LogP contribution in [-0.4, -0.2) is 73.3 Å². The van der Waals surface area contributed by atoms with Gasteiger partial charge in [-0.25, -0.2) is 0 Å². The van der Waals surface area contributed by atoms with E-state index < -0.39 is 0 Å². The minimum atomic E-state index is 0. The second-order valence-electron chi connectivity index (χ2n) is 8.38. The Labute approximate surface area is 170 Å². The zero-order valence-corrected chi connectivity index (χ0v) is 18.3. The van der Waals surface area contributed by atoms with Crippen LogP contribution in [0.2, 0.25) is 0 Å². The molecule has 4 heterocycles. The molecule has 4 fully saturated rings. The van der Waals surface area contributed by atoms with Crippen molar-refractivity contribution in [2.45, 2.75) is 70.2 Å². The molecule has 25 heavy (non-hydrogen) atoms. The number of hydrogen-bond acceptors (Lipinski definition) is 3. The van der Waals surface area contributed by atoms with Crippen molar-refractivity contribution in [3.05, 3.63) is 0 Å². The van der Waals surface area contributed by atoms with E-state index in [1.807, 2.05) is 7.05 Å². The van der Waals surface area contributed by atoms with Crippen LogP contribution < -0.4 is 5.32 Å². The Balaban J connectivity index is 0.00000182. The number of guanidine groups is 1. The topological polar surface area (TPSA) is 40.1 Å². The fraction of sp³-hybridized carbons (Fsp3) is 0.947. The Morgan fingerprint density at radius 2 is 1.84 bits per heavy atom. The van der Waals surface area contributed by atoms with Crippen LogP contribution in [0.25, 0.3) is 0 Å². The molecular weight excluding hydrogens is 427 g/mol. The lowest BCUT2D eigenvalue weighted by molar-refractivity contribution is 0.0765. The molecule has 1 N–H and O–H groups in total. The van der Waals surface area contributed by atoms with Gasteiger partial charge in [0.05, 0.1) is 12.2 Å². The van der Waals surface area contributed by atoms with E-state index in [1.54, 1.807) is 0 Å². The van der Waals surface area contributed by atoms with E-state index in [0.717, 1.165) is 43.5 Å². The van der Waals surface area contributed by atoms with Crippen LogP contribution in [0.1, 0.15) is 46.0 Å². The van der Waals surface area contributed by atoms with Gasteiger partial charge in [-0.05, 0) is 46.1 Å². The molecule has 0 amide bonds. The molecule has 5 nitrogen and oxygen atoms in total. The number of hydrogen-bond donors (Lipinski definition) is 1. The lowest BCUT2D eigenvalue weighted by Gasteiger charge is -2.38. The summed E-state index contributed by atoms with van der Waals surface area (Å²) in [5.41, 5.74) is 0. The Morgan fingerprint density at radius 3 is 2.44 bits per heavy atom. The van der Waals surface area contributed by atoms with E-state index in [9.17, 15) is 0 Å². The number of rotatable bonds is 3. The molecule has 2 bridgehead atoms. The fourth-order valence-corrected chi connectivity index (χ4v) is 5.60. The van der Waals surface area contributed by atoms with Crippen LogP contribution in [0.5, 0.6) is 0 Å². The van der Waals surface area contributed by atoms with Gasteiger partial charge >= 0.3 is 0 Å². The number of halogens is 1. The summed E-state index contributed by atoms with van der Waals surface area (Å²) in [5, 5.41) is 3.66. The highest BCUT2D eigenvalue weighted by Crippen LogP contribution is 2.47. The van der Waals surface area contributed by atoms with Gasteiger partial charge in [-0.3, -0.25) is 9.89 Å². The van der Waals surface area contributed by atoms with Crippen molar-refractivity contribution in [2.24, 2.45) is 16.8 Å². The third-order valence-electron chi connectivity index (χ3n) is 6.94. The van der Waals surface area contributed by atoms with E-state index in [0.29, 0.717) is 18.2 Å². The molecule has 4 saturated heterocycles. The molecular formula is C19H35IN4O. The van der Waals surface area contributed by atoms with E-state index in [4.69, 9.17) is 4.74 Å². The summed E-state index contributed by atoms with van der Waals surface area (Å²) >= 11 is 0. The molecule has 0 aliphatic carbocycles. The van der Waals surface area contributed by atoms with Gasteiger partial charge in [-0.15, -0.1) is 24.0 Å². The van der Waals surface area contributed by atoms with Gasteiger partial charge in [0.15, 0.2) is 5.96 Å². The maximum absolute atomic E-state index is 6.10. The second-order valence-corrected chi connectivity index (χ2v) is 8.38. The molecule has 0 aromatic heterocycles. The standard InChI is InChI=1S/C19H34N4O.HI/c1-13-6-4-5-9-23(13)14(2)10-21-19(20-3)22-11-15-16(12-22)18-8-7-17(15)24-18;/h13-18H,4-12H2,1-3H3,(H,20,21);1H. The monoisotopic (exact) mass is 462 g/mol. The minimum absolute atomic E-state index is 0. The molecule has 6 heteroatoms. The molecule has 0 radical (unpaired) electrons. The largest absolute Gasteiger partial charge is 0.374 e. The Morgan fingerprint density at radius 1 is 1.16 bits per heavy atom. The highest BCUT2D eigenvalue weighted by molar-refractivity contribution is 14.0. The van der Waals surface area contributed by atoms with Gasteiger partial charge in [0, 0.05) is 50.6 Å². The number of fused-ring (bicyclic) bond motifs is 5. The van der Waals surface area contributed by atoms with Crippen molar-refractivity contribution < 1.29 is 4.74 Å². The average molecular weight is 462 g/mol.